The van der Waals surface area contributed by atoms with Gasteiger partial charge in [0.15, 0.2) is 0 Å². The SMILES string of the molecule is CCCCNC(=O)C(Cc1ccccc1)N(Cc1cccc(Br)c1)C(=O)CCCN(c1ccc(Cl)cc1)S(C)(=O)=O. The molecule has 0 fully saturated rings. The van der Waals surface area contributed by atoms with E-state index in [0.717, 1.165) is 34.7 Å². The Hall–Kier alpha value is -2.88. The van der Waals surface area contributed by atoms with Gasteiger partial charge >= 0.3 is 0 Å². The van der Waals surface area contributed by atoms with Crippen molar-refractivity contribution in [2.45, 2.75) is 51.6 Å². The summed E-state index contributed by atoms with van der Waals surface area (Å²) < 4.78 is 27.3. The number of hydrogen-bond acceptors (Lipinski definition) is 4. The molecule has 41 heavy (non-hydrogen) atoms. The van der Waals surface area contributed by atoms with Gasteiger partial charge in [-0.15, -0.1) is 0 Å². The molecule has 0 saturated carbocycles. The van der Waals surface area contributed by atoms with Gasteiger partial charge in [0.25, 0.3) is 0 Å². The fourth-order valence-electron chi connectivity index (χ4n) is 4.50. The summed E-state index contributed by atoms with van der Waals surface area (Å²) in [5.74, 6) is -0.425. The normalized spacial score (nSPS) is 12.0. The topological polar surface area (TPSA) is 86.8 Å². The van der Waals surface area contributed by atoms with Crippen molar-refractivity contribution in [1.82, 2.24) is 10.2 Å². The number of nitrogens with one attached hydrogen (secondary N) is 1. The summed E-state index contributed by atoms with van der Waals surface area (Å²) in [6.45, 7) is 2.94. The molecule has 3 aromatic carbocycles. The number of carbonyl (C=O) groups is 2. The monoisotopic (exact) mass is 661 g/mol. The first kappa shape index (κ1) is 32.6. The third-order valence-corrected chi connectivity index (χ3v) is 8.55. The highest BCUT2D eigenvalue weighted by Crippen LogP contribution is 2.22. The van der Waals surface area contributed by atoms with Crippen molar-refractivity contribution < 1.29 is 18.0 Å². The average molecular weight is 663 g/mol. The zero-order valence-corrected chi connectivity index (χ0v) is 26.6. The molecule has 0 radical (unpaired) electrons. The molecule has 0 aliphatic rings. The molecule has 0 saturated heterocycles. The summed E-state index contributed by atoms with van der Waals surface area (Å²) >= 11 is 9.49. The Morgan fingerprint density at radius 1 is 0.951 bits per heavy atom. The van der Waals surface area contributed by atoms with Gasteiger partial charge in [-0.3, -0.25) is 13.9 Å². The number of unbranched alkanes of at least 4 members (excludes halogenated alkanes) is 1. The van der Waals surface area contributed by atoms with Crippen molar-refractivity contribution in [2.75, 3.05) is 23.7 Å². The molecule has 0 heterocycles. The Morgan fingerprint density at radius 3 is 2.27 bits per heavy atom. The van der Waals surface area contributed by atoms with Crippen LogP contribution < -0.4 is 9.62 Å². The van der Waals surface area contributed by atoms with Crippen molar-refractivity contribution in [2.24, 2.45) is 0 Å². The zero-order chi connectivity index (χ0) is 29.8. The van der Waals surface area contributed by atoms with Crippen LogP contribution in [0.4, 0.5) is 5.69 Å². The second-order valence-corrected chi connectivity index (χ2v) is 13.2. The molecule has 3 rings (SSSR count). The smallest absolute Gasteiger partial charge is 0.243 e. The summed E-state index contributed by atoms with van der Waals surface area (Å²) in [5, 5.41) is 3.52. The third-order valence-electron chi connectivity index (χ3n) is 6.61. The van der Waals surface area contributed by atoms with Crippen LogP contribution in [0.5, 0.6) is 0 Å². The number of nitrogens with zero attached hydrogens (tertiary/aromatic N) is 2. The number of amides is 2. The van der Waals surface area contributed by atoms with Gasteiger partial charge in [-0.05, 0) is 60.4 Å². The molecule has 3 aromatic rings. The van der Waals surface area contributed by atoms with Crippen molar-refractivity contribution in [3.05, 3.63) is 99.5 Å². The maximum absolute atomic E-state index is 13.9. The van der Waals surface area contributed by atoms with E-state index in [1.54, 1.807) is 29.2 Å². The minimum atomic E-state index is -3.59. The highest BCUT2D eigenvalue weighted by Gasteiger charge is 2.30. The Balaban J connectivity index is 1.86. The average Bonchev–Trinajstić information content (AvgIpc) is 2.93. The van der Waals surface area contributed by atoms with Crippen molar-refractivity contribution in [1.29, 1.82) is 0 Å². The third kappa shape index (κ3) is 10.5. The minimum absolute atomic E-state index is 0.0706. The minimum Gasteiger partial charge on any atom is -0.354 e. The molecule has 1 atom stereocenters. The Labute approximate surface area is 257 Å². The van der Waals surface area contributed by atoms with Crippen LogP contribution in [0.1, 0.15) is 43.7 Å². The van der Waals surface area contributed by atoms with Crippen LogP contribution in [-0.4, -0.2) is 50.5 Å². The molecule has 1 N–H and O–H groups in total. The molecule has 0 aromatic heterocycles. The van der Waals surface area contributed by atoms with E-state index in [2.05, 4.69) is 28.2 Å². The van der Waals surface area contributed by atoms with Crippen molar-refractivity contribution >= 4 is 55.1 Å². The molecule has 0 spiro atoms. The fraction of sp³-hybridized carbons (Fsp3) is 0.355. The second kappa shape index (κ2) is 15.9. The van der Waals surface area contributed by atoms with E-state index in [-0.39, 0.29) is 37.7 Å². The van der Waals surface area contributed by atoms with Crippen LogP contribution in [0.25, 0.3) is 0 Å². The van der Waals surface area contributed by atoms with E-state index in [9.17, 15) is 18.0 Å². The van der Waals surface area contributed by atoms with E-state index in [0.29, 0.717) is 23.7 Å². The molecular weight excluding hydrogens is 626 g/mol. The number of halogens is 2. The van der Waals surface area contributed by atoms with Crippen LogP contribution in [-0.2, 0) is 32.6 Å². The van der Waals surface area contributed by atoms with Gasteiger partial charge in [0.1, 0.15) is 6.04 Å². The Kier molecular flexibility index (Phi) is 12.7. The summed E-state index contributed by atoms with van der Waals surface area (Å²) in [7, 11) is -3.59. The number of hydrogen-bond donors (Lipinski definition) is 1. The molecular formula is C31H37BrClN3O4S. The molecule has 220 valence electrons. The van der Waals surface area contributed by atoms with E-state index < -0.39 is 16.1 Å². The quantitative estimate of drug-likeness (QED) is 0.196. The van der Waals surface area contributed by atoms with Gasteiger partial charge < -0.3 is 10.2 Å². The lowest BCUT2D eigenvalue weighted by atomic mass is 10.0. The van der Waals surface area contributed by atoms with E-state index in [1.807, 2.05) is 54.6 Å². The van der Waals surface area contributed by atoms with Crippen LogP contribution in [0.2, 0.25) is 5.02 Å². The molecule has 2 amide bonds. The maximum Gasteiger partial charge on any atom is 0.243 e. The van der Waals surface area contributed by atoms with Gasteiger partial charge in [0.2, 0.25) is 21.8 Å². The number of carbonyl (C=O) groups excluding carboxylic acids is 2. The summed E-state index contributed by atoms with van der Waals surface area (Å²) in [4.78, 5) is 29.0. The standard InChI is InChI=1S/C31H37BrClN3O4S/c1-3-4-19-34-31(38)29(22-24-10-6-5-7-11-24)35(23-25-12-8-13-26(32)21-25)30(37)14-9-20-36(41(2,39)40)28-17-15-27(33)16-18-28/h5-8,10-13,15-18,21,29H,3-4,9,14,19-20,22-23H2,1-2H3,(H,34,38). The number of rotatable bonds is 15. The van der Waals surface area contributed by atoms with Gasteiger partial charge in [0.05, 0.1) is 11.9 Å². The van der Waals surface area contributed by atoms with Gasteiger partial charge in [0, 0.05) is 42.0 Å². The lowest BCUT2D eigenvalue weighted by Crippen LogP contribution is -2.50. The molecule has 0 aliphatic heterocycles. The predicted molar refractivity (Wildman–Crippen MR) is 169 cm³/mol. The molecule has 0 bridgehead atoms. The summed E-state index contributed by atoms with van der Waals surface area (Å²) in [5.41, 5.74) is 2.31. The molecule has 7 nitrogen and oxygen atoms in total. The lowest BCUT2D eigenvalue weighted by molar-refractivity contribution is -0.141. The fourth-order valence-corrected chi connectivity index (χ4v) is 6.04. The lowest BCUT2D eigenvalue weighted by Gasteiger charge is -2.32. The zero-order valence-electron chi connectivity index (χ0n) is 23.4. The number of benzene rings is 3. The van der Waals surface area contributed by atoms with Crippen LogP contribution >= 0.6 is 27.5 Å². The highest BCUT2D eigenvalue weighted by molar-refractivity contribution is 9.10. The highest BCUT2D eigenvalue weighted by atomic mass is 79.9. The van der Waals surface area contributed by atoms with Crippen LogP contribution in [0.3, 0.4) is 0 Å². The summed E-state index contributed by atoms with van der Waals surface area (Å²) in [6, 6.07) is 23.1. The number of anilines is 1. The van der Waals surface area contributed by atoms with Crippen LogP contribution in [0.15, 0.2) is 83.3 Å². The first-order valence-electron chi connectivity index (χ1n) is 13.7. The Morgan fingerprint density at radius 2 is 1.63 bits per heavy atom. The summed E-state index contributed by atoms with van der Waals surface area (Å²) in [6.07, 6.45) is 3.63. The van der Waals surface area contributed by atoms with E-state index in [1.165, 1.54) is 4.31 Å². The number of sulfonamides is 1. The molecule has 1 unspecified atom stereocenters. The molecule has 0 aliphatic carbocycles. The van der Waals surface area contributed by atoms with Crippen molar-refractivity contribution in [3.8, 4) is 0 Å². The maximum atomic E-state index is 13.9. The molecule has 10 heteroatoms. The first-order valence-corrected chi connectivity index (χ1v) is 16.7. The Bertz CT molecular complexity index is 1390. The second-order valence-electron chi connectivity index (χ2n) is 9.92. The largest absolute Gasteiger partial charge is 0.354 e. The van der Waals surface area contributed by atoms with Gasteiger partial charge in [-0.25, -0.2) is 8.42 Å². The van der Waals surface area contributed by atoms with E-state index in [4.69, 9.17) is 11.6 Å². The van der Waals surface area contributed by atoms with E-state index >= 15 is 0 Å². The predicted octanol–water partition coefficient (Wildman–Crippen LogP) is 6.21. The first-order chi connectivity index (χ1) is 19.6. The van der Waals surface area contributed by atoms with Crippen molar-refractivity contribution in [3.63, 3.8) is 0 Å². The van der Waals surface area contributed by atoms with Gasteiger partial charge in [-0.1, -0.05) is 83.3 Å². The van der Waals surface area contributed by atoms with Crippen LogP contribution in [0, 0.1) is 0 Å². The van der Waals surface area contributed by atoms with Gasteiger partial charge in [-0.2, -0.15) is 0 Å².